The predicted octanol–water partition coefficient (Wildman–Crippen LogP) is -2.13. The summed E-state index contributed by atoms with van der Waals surface area (Å²) in [5.41, 5.74) is 0. The van der Waals surface area contributed by atoms with E-state index < -0.39 is 5.97 Å². The molecule has 0 aliphatic heterocycles. The quantitative estimate of drug-likeness (QED) is 0.457. The Morgan fingerprint density at radius 2 is 1.75 bits per heavy atom. The van der Waals surface area contributed by atoms with Gasteiger partial charge in [0.1, 0.15) is 0 Å². The van der Waals surface area contributed by atoms with Crippen molar-refractivity contribution in [2.45, 2.75) is 6.92 Å². The molecular formula is C8H9AsHgO2. The molecule has 0 bridgehead atoms. The van der Waals surface area contributed by atoms with Gasteiger partial charge >= 0.3 is 74.7 Å². The molecule has 0 spiro atoms. The number of hydrogen-bond donors (Lipinski definition) is 0. The second-order valence-corrected chi connectivity index (χ2v) is 6.81. The second kappa shape index (κ2) is 6.67. The molecule has 1 atom stereocenters. The standard InChI is InChI=1S/C6H6As.C2H4O2.Hg/c7-6-4-2-1-3-5-6;1-2(3)4;/h2-5H,7H2;1H3,(H,3,4);/q;;+1/p-1. The summed E-state index contributed by atoms with van der Waals surface area (Å²) in [6.45, 7) is 0.972. The number of hydrogen-bond acceptors (Lipinski definition) is 2. The van der Waals surface area contributed by atoms with E-state index in [1.54, 1.807) is 16.9 Å². The predicted molar refractivity (Wildman–Crippen MR) is 44.9 cm³/mol. The van der Waals surface area contributed by atoms with Crippen molar-refractivity contribution < 1.29 is 36.0 Å². The van der Waals surface area contributed by atoms with Gasteiger partial charge in [0.25, 0.3) is 0 Å². The van der Waals surface area contributed by atoms with Gasteiger partial charge in [-0.2, -0.15) is 0 Å². The van der Waals surface area contributed by atoms with Crippen LogP contribution in [0.15, 0.2) is 24.3 Å². The van der Waals surface area contributed by atoms with Crippen molar-refractivity contribution in [1.29, 1.82) is 0 Å². The molecule has 0 N–H and O–H groups in total. The van der Waals surface area contributed by atoms with E-state index in [0.717, 1.165) is 33.0 Å². The zero-order chi connectivity index (χ0) is 9.56. The van der Waals surface area contributed by atoms with Gasteiger partial charge in [0.05, 0.1) is 0 Å². The van der Waals surface area contributed by atoms with Gasteiger partial charge in [-0.1, -0.05) is 0 Å². The van der Waals surface area contributed by atoms with Crippen molar-refractivity contribution in [2.75, 3.05) is 0 Å². The summed E-state index contributed by atoms with van der Waals surface area (Å²) >= 11 is 2.51. The van der Waals surface area contributed by atoms with Crippen LogP contribution in [0.3, 0.4) is 0 Å². The average Bonchev–Trinajstić information content (AvgIpc) is 1.94. The molecule has 0 saturated carbocycles. The van der Waals surface area contributed by atoms with Crippen molar-refractivity contribution in [3.8, 4) is 0 Å². The Labute approximate surface area is 96.8 Å². The van der Waals surface area contributed by atoms with Crippen molar-refractivity contribution >= 4 is 30.2 Å². The first-order valence-corrected chi connectivity index (χ1v) is 7.33. The maximum atomic E-state index is 8.89. The molecule has 0 aromatic heterocycles. The van der Waals surface area contributed by atoms with E-state index in [0.29, 0.717) is 0 Å². The summed E-state index contributed by atoms with van der Waals surface area (Å²) in [6.07, 6.45) is 0. The number of rotatable bonds is 0. The third-order valence-electron chi connectivity index (χ3n) is 0.980. The summed E-state index contributed by atoms with van der Waals surface area (Å²) in [6, 6.07) is 8.84. The van der Waals surface area contributed by atoms with Crippen molar-refractivity contribution in [3.05, 3.63) is 24.3 Å². The van der Waals surface area contributed by atoms with Gasteiger partial charge in [-0.3, -0.25) is 0 Å². The first kappa shape index (κ1) is 12.2. The number of benzene rings is 1. The summed E-state index contributed by atoms with van der Waals surface area (Å²) in [7, 11) is 0. The number of carboxylic acid groups (broad SMARTS) is 1. The van der Waals surface area contributed by atoms with Gasteiger partial charge in [-0.05, 0) is 6.92 Å². The van der Waals surface area contributed by atoms with Gasteiger partial charge < -0.3 is 9.90 Å². The molecular weight excluding hydrogens is 404 g/mol. The SMILES string of the molecule is CC(=O)[O-].[AsH2]c1cc[c]([Hg+])cc1. The van der Waals surface area contributed by atoms with Crippen LogP contribution in [0.5, 0.6) is 0 Å². The zero-order valence-corrected chi connectivity index (χ0v) is 14.8. The van der Waals surface area contributed by atoms with E-state index in [-0.39, 0.29) is 0 Å². The first-order valence-electron chi connectivity index (χ1n) is 3.37. The van der Waals surface area contributed by atoms with Crippen LogP contribution in [0.25, 0.3) is 0 Å². The van der Waals surface area contributed by atoms with E-state index >= 15 is 0 Å². The van der Waals surface area contributed by atoms with E-state index in [9.17, 15) is 0 Å². The molecule has 1 rings (SSSR count). The number of aliphatic carboxylic acids is 1. The maximum absolute atomic E-state index is 8.89. The van der Waals surface area contributed by atoms with Gasteiger partial charge in [0, 0.05) is 5.97 Å². The summed E-state index contributed by atoms with van der Waals surface area (Å²) in [5.74, 6) is -1.08. The Morgan fingerprint density at radius 3 is 2.00 bits per heavy atom. The van der Waals surface area contributed by atoms with Crippen LogP contribution >= 0.6 is 0 Å². The Balaban J connectivity index is 0.000000261. The number of carbonyl (C=O) groups is 1. The van der Waals surface area contributed by atoms with E-state index in [1.807, 2.05) is 0 Å². The molecule has 0 heterocycles. The monoisotopic (exact) mass is 414 g/mol. The minimum absolute atomic E-state index is 0.809. The third-order valence-corrected chi connectivity index (χ3v) is 3.62. The Hall–Kier alpha value is 0.184. The Morgan fingerprint density at radius 1 is 1.42 bits per heavy atom. The molecule has 0 aliphatic rings. The van der Waals surface area contributed by atoms with Crippen LogP contribution in [-0.4, -0.2) is 22.8 Å². The molecule has 0 amide bonds. The fourth-order valence-corrected chi connectivity index (χ4v) is 1.84. The fraction of sp³-hybridized carbons (Fsp3) is 0.125. The minimum atomic E-state index is -1.08. The molecule has 0 saturated heterocycles. The number of carbonyl (C=O) groups excluding carboxylic acids is 1. The third kappa shape index (κ3) is 8.28. The molecule has 0 aliphatic carbocycles. The fourth-order valence-electron chi connectivity index (χ4n) is 0.518. The molecule has 1 unspecified atom stereocenters. The zero-order valence-electron chi connectivity index (χ0n) is 6.91. The van der Waals surface area contributed by atoms with Crippen LogP contribution in [-0.2, 0) is 30.9 Å². The number of carboxylic acids is 1. The van der Waals surface area contributed by atoms with E-state index in [1.165, 1.54) is 7.42 Å². The summed E-state index contributed by atoms with van der Waals surface area (Å²) < 4.78 is 2.96. The van der Waals surface area contributed by atoms with Crippen LogP contribution in [0.4, 0.5) is 0 Å². The van der Waals surface area contributed by atoms with Crippen molar-refractivity contribution in [3.63, 3.8) is 0 Å². The van der Waals surface area contributed by atoms with Crippen LogP contribution in [0, 0.1) is 0 Å². The first-order chi connectivity index (χ1) is 5.52. The normalized spacial score (nSPS) is 8.33. The molecule has 0 fully saturated rings. The van der Waals surface area contributed by atoms with E-state index in [4.69, 9.17) is 9.90 Å². The van der Waals surface area contributed by atoms with Crippen molar-refractivity contribution in [2.24, 2.45) is 0 Å². The summed E-state index contributed by atoms with van der Waals surface area (Å²) in [4.78, 5) is 8.89. The van der Waals surface area contributed by atoms with Crippen LogP contribution in [0.2, 0.25) is 0 Å². The van der Waals surface area contributed by atoms with Gasteiger partial charge in [0.2, 0.25) is 0 Å². The topological polar surface area (TPSA) is 40.1 Å². The van der Waals surface area contributed by atoms with Gasteiger partial charge in [-0.25, -0.2) is 0 Å². The van der Waals surface area contributed by atoms with Crippen LogP contribution in [0.1, 0.15) is 6.92 Å². The van der Waals surface area contributed by atoms with Crippen LogP contribution < -0.4 is 12.5 Å². The second-order valence-electron chi connectivity index (χ2n) is 2.23. The average molecular weight is 413 g/mol. The molecule has 60 valence electrons. The molecule has 2 nitrogen and oxygen atoms in total. The Bertz CT molecular complexity index is 221. The van der Waals surface area contributed by atoms with Gasteiger partial charge in [0.15, 0.2) is 0 Å². The molecule has 12 heavy (non-hydrogen) atoms. The molecule has 1 aromatic carbocycles. The molecule has 4 heteroatoms. The Kier molecular flexibility index (Phi) is 6.77. The molecule has 0 radical (unpaired) electrons. The van der Waals surface area contributed by atoms with Gasteiger partial charge in [-0.15, -0.1) is 0 Å². The summed E-state index contributed by atoms with van der Waals surface area (Å²) in [5, 5.41) is 8.89. The molecule has 1 aromatic rings. The van der Waals surface area contributed by atoms with E-state index in [2.05, 4.69) is 24.3 Å². The van der Waals surface area contributed by atoms with Crippen molar-refractivity contribution in [1.82, 2.24) is 0 Å².